The zero-order valence-electron chi connectivity index (χ0n) is 10.1. The Morgan fingerprint density at radius 3 is 2.89 bits per heavy atom. The Balaban J connectivity index is 2.26. The van der Waals surface area contributed by atoms with Crippen LogP contribution in [0, 0.1) is 5.82 Å². The highest BCUT2D eigenvalue weighted by atomic mass is 79.9. The molecule has 1 heterocycles. The third-order valence-electron chi connectivity index (χ3n) is 2.77. The molecule has 1 nitrogen and oxygen atoms in total. The van der Waals surface area contributed by atoms with Crippen molar-refractivity contribution in [2.75, 3.05) is 6.54 Å². The first-order valence-corrected chi connectivity index (χ1v) is 7.58. The van der Waals surface area contributed by atoms with Gasteiger partial charge in [0.25, 0.3) is 0 Å². The molecule has 1 N–H and O–H groups in total. The van der Waals surface area contributed by atoms with Gasteiger partial charge in [-0.15, -0.1) is 11.3 Å². The van der Waals surface area contributed by atoms with E-state index in [0.29, 0.717) is 0 Å². The van der Waals surface area contributed by atoms with Crippen LogP contribution in [0.2, 0.25) is 0 Å². The molecule has 4 heteroatoms. The number of hydrogen-bond donors (Lipinski definition) is 1. The third kappa shape index (κ3) is 3.40. The molecule has 0 aliphatic rings. The molecule has 2 aromatic rings. The number of likely N-dealkylation sites (N-methyl/N-ethyl adjacent to an activating group) is 1. The van der Waals surface area contributed by atoms with Gasteiger partial charge in [-0.2, -0.15) is 0 Å². The molecule has 0 saturated heterocycles. The fraction of sp³-hybridized carbons (Fsp3) is 0.286. The maximum atomic E-state index is 13.9. The maximum Gasteiger partial charge on any atom is 0.128 e. The van der Waals surface area contributed by atoms with Crippen molar-refractivity contribution in [1.29, 1.82) is 0 Å². The Hall–Kier alpha value is -0.710. The van der Waals surface area contributed by atoms with Crippen molar-refractivity contribution in [3.05, 3.63) is 56.4 Å². The number of thiophene rings is 1. The predicted molar refractivity (Wildman–Crippen MR) is 78.5 cm³/mol. The first-order chi connectivity index (χ1) is 8.70. The molecule has 2 rings (SSSR count). The summed E-state index contributed by atoms with van der Waals surface area (Å²) in [6, 6.07) is 9.23. The molecule has 0 aliphatic heterocycles. The summed E-state index contributed by atoms with van der Waals surface area (Å²) in [6.45, 7) is 2.86. The molecular weight excluding hydrogens is 313 g/mol. The topological polar surface area (TPSA) is 12.0 Å². The van der Waals surface area contributed by atoms with Gasteiger partial charge in [0.15, 0.2) is 0 Å². The molecule has 0 fully saturated rings. The second-order valence-corrected chi connectivity index (χ2v) is 6.01. The summed E-state index contributed by atoms with van der Waals surface area (Å²) < 4.78 is 14.8. The third-order valence-corrected chi connectivity index (χ3v) is 4.16. The Labute approximate surface area is 119 Å². The summed E-state index contributed by atoms with van der Waals surface area (Å²) in [5.74, 6) is -0.152. The van der Waals surface area contributed by atoms with Crippen LogP contribution in [0.1, 0.15) is 23.4 Å². The van der Waals surface area contributed by atoms with Crippen molar-refractivity contribution >= 4 is 27.3 Å². The Morgan fingerprint density at radius 1 is 1.39 bits per heavy atom. The molecule has 1 unspecified atom stereocenters. The van der Waals surface area contributed by atoms with Gasteiger partial charge in [0.1, 0.15) is 5.82 Å². The van der Waals surface area contributed by atoms with E-state index >= 15 is 0 Å². The van der Waals surface area contributed by atoms with Gasteiger partial charge in [-0.05, 0) is 36.2 Å². The molecular formula is C14H15BrFNS. The molecule has 0 spiro atoms. The van der Waals surface area contributed by atoms with Crippen LogP contribution in [0.5, 0.6) is 0 Å². The second kappa shape index (κ2) is 6.45. The summed E-state index contributed by atoms with van der Waals surface area (Å²) in [6.07, 6.45) is 0.818. The predicted octanol–water partition coefficient (Wildman–Crippen LogP) is 4.54. The van der Waals surface area contributed by atoms with Gasteiger partial charge in [-0.25, -0.2) is 4.39 Å². The lowest BCUT2D eigenvalue weighted by Gasteiger charge is -2.18. The number of halogens is 2. The largest absolute Gasteiger partial charge is 0.310 e. The smallest absolute Gasteiger partial charge is 0.128 e. The van der Waals surface area contributed by atoms with Crippen molar-refractivity contribution in [3.63, 3.8) is 0 Å². The standard InChI is InChI=1S/C14H15BrFNS/c1-2-17-14(9-11-4-3-7-18-11)12-8-10(15)5-6-13(12)16/h3-8,14,17H,2,9H2,1H3. The summed E-state index contributed by atoms with van der Waals surface area (Å²) >= 11 is 5.11. The van der Waals surface area contributed by atoms with Crippen LogP contribution in [-0.4, -0.2) is 6.54 Å². The average Bonchev–Trinajstić information content (AvgIpc) is 2.85. The number of hydrogen-bond acceptors (Lipinski definition) is 2. The average molecular weight is 328 g/mol. The molecule has 1 aromatic carbocycles. The molecule has 0 aliphatic carbocycles. The molecule has 1 atom stereocenters. The SMILES string of the molecule is CCNC(Cc1cccs1)c1cc(Br)ccc1F. The van der Waals surface area contributed by atoms with Gasteiger partial charge >= 0.3 is 0 Å². The van der Waals surface area contributed by atoms with Crippen molar-refractivity contribution in [3.8, 4) is 0 Å². The van der Waals surface area contributed by atoms with E-state index in [0.717, 1.165) is 23.0 Å². The van der Waals surface area contributed by atoms with E-state index in [1.54, 1.807) is 17.4 Å². The highest BCUT2D eigenvalue weighted by molar-refractivity contribution is 9.10. The normalized spacial score (nSPS) is 12.6. The van der Waals surface area contributed by atoms with Gasteiger partial charge in [-0.1, -0.05) is 28.9 Å². The van der Waals surface area contributed by atoms with Crippen molar-refractivity contribution in [1.82, 2.24) is 5.32 Å². The van der Waals surface area contributed by atoms with Crippen LogP contribution in [-0.2, 0) is 6.42 Å². The van der Waals surface area contributed by atoms with Gasteiger partial charge in [-0.3, -0.25) is 0 Å². The minimum atomic E-state index is -0.152. The fourth-order valence-electron chi connectivity index (χ4n) is 1.95. The Bertz CT molecular complexity index is 499. The fourth-order valence-corrected chi connectivity index (χ4v) is 3.08. The molecule has 0 saturated carbocycles. The summed E-state index contributed by atoms with van der Waals surface area (Å²) in [7, 11) is 0. The maximum absolute atomic E-state index is 13.9. The van der Waals surface area contributed by atoms with E-state index in [9.17, 15) is 4.39 Å². The summed E-state index contributed by atoms with van der Waals surface area (Å²) in [4.78, 5) is 1.26. The lowest BCUT2D eigenvalue weighted by atomic mass is 10.0. The quantitative estimate of drug-likeness (QED) is 0.849. The molecule has 0 amide bonds. The van der Waals surface area contributed by atoms with Crippen LogP contribution in [0.25, 0.3) is 0 Å². The lowest BCUT2D eigenvalue weighted by molar-refractivity contribution is 0.512. The summed E-state index contributed by atoms with van der Waals surface area (Å²) in [5, 5.41) is 5.40. The van der Waals surface area contributed by atoms with E-state index < -0.39 is 0 Å². The first-order valence-electron chi connectivity index (χ1n) is 5.91. The van der Waals surface area contributed by atoms with Gasteiger partial charge in [0.05, 0.1) is 0 Å². The van der Waals surface area contributed by atoms with E-state index in [2.05, 4.69) is 32.7 Å². The molecule has 0 bridgehead atoms. The number of rotatable bonds is 5. The van der Waals surface area contributed by atoms with E-state index in [1.165, 1.54) is 10.9 Å². The monoisotopic (exact) mass is 327 g/mol. The number of benzene rings is 1. The zero-order valence-corrected chi connectivity index (χ0v) is 12.5. The highest BCUT2D eigenvalue weighted by Crippen LogP contribution is 2.26. The molecule has 96 valence electrons. The zero-order chi connectivity index (χ0) is 13.0. The lowest BCUT2D eigenvalue weighted by Crippen LogP contribution is -2.23. The van der Waals surface area contributed by atoms with Crippen molar-refractivity contribution in [2.24, 2.45) is 0 Å². The Kier molecular flexibility index (Phi) is 4.92. The highest BCUT2D eigenvalue weighted by Gasteiger charge is 2.16. The second-order valence-electron chi connectivity index (χ2n) is 4.06. The summed E-state index contributed by atoms with van der Waals surface area (Å²) in [5.41, 5.74) is 0.722. The van der Waals surface area contributed by atoms with Crippen LogP contribution in [0.3, 0.4) is 0 Å². The van der Waals surface area contributed by atoms with E-state index in [-0.39, 0.29) is 11.9 Å². The minimum absolute atomic E-state index is 0.0196. The first kappa shape index (κ1) is 13.7. The van der Waals surface area contributed by atoms with Gasteiger partial charge < -0.3 is 5.32 Å². The minimum Gasteiger partial charge on any atom is -0.310 e. The van der Waals surface area contributed by atoms with Crippen molar-refractivity contribution < 1.29 is 4.39 Å². The van der Waals surface area contributed by atoms with Crippen LogP contribution >= 0.6 is 27.3 Å². The molecule has 18 heavy (non-hydrogen) atoms. The van der Waals surface area contributed by atoms with Crippen LogP contribution in [0.4, 0.5) is 4.39 Å². The Morgan fingerprint density at radius 2 is 2.22 bits per heavy atom. The van der Waals surface area contributed by atoms with E-state index in [4.69, 9.17) is 0 Å². The molecule has 1 aromatic heterocycles. The van der Waals surface area contributed by atoms with Gasteiger partial charge in [0, 0.05) is 27.4 Å². The molecule has 0 radical (unpaired) electrons. The van der Waals surface area contributed by atoms with Gasteiger partial charge in [0.2, 0.25) is 0 Å². The van der Waals surface area contributed by atoms with Crippen LogP contribution in [0.15, 0.2) is 40.2 Å². The van der Waals surface area contributed by atoms with Crippen molar-refractivity contribution in [2.45, 2.75) is 19.4 Å². The van der Waals surface area contributed by atoms with E-state index in [1.807, 2.05) is 19.1 Å². The number of nitrogens with one attached hydrogen (secondary N) is 1. The van der Waals surface area contributed by atoms with Crippen LogP contribution < -0.4 is 5.32 Å².